The molecule has 11 heavy (non-hydrogen) atoms. The van der Waals surface area contributed by atoms with Gasteiger partial charge in [0.2, 0.25) is 0 Å². The molecule has 0 radical (unpaired) electrons. The SMILES string of the molecule is C=C.C=C/C(=C\C)CC(C)C. The van der Waals surface area contributed by atoms with Crippen LogP contribution in [0.25, 0.3) is 0 Å². The van der Waals surface area contributed by atoms with Crippen LogP contribution < -0.4 is 0 Å². The number of allylic oxidation sites excluding steroid dienone is 3. The Kier molecular flexibility index (Phi) is 10.8. The summed E-state index contributed by atoms with van der Waals surface area (Å²) in [5, 5.41) is 0. The van der Waals surface area contributed by atoms with Gasteiger partial charge in [0.25, 0.3) is 0 Å². The van der Waals surface area contributed by atoms with Crippen molar-refractivity contribution in [3.05, 3.63) is 37.5 Å². The van der Waals surface area contributed by atoms with Crippen molar-refractivity contribution in [1.82, 2.24) is 0 Å². The molecule has 0 heteroatoms. The molecule has 0 fully saturated rings. The summed E-state index contributed by atoms with van der Waals surface area (Å²) in [6, 6.07) is 0. The fourth-order valence-electron chi connectivity index (χ4n) is 0.790. The quantitative estimate of drug-likeness (QED) is 0.424. The molecule has 0 spiro atoms. The summed E-state index contributed by atoms with van der Waals surface area (Å²) < 4.78 is 0. The van der Waals surface area contributed by atoms with Gasteiger partial charge in [-0.3, -0.25) is 0 Å². The molecule has 0 unspecified atom stereocenters. The predicted octanol–water partition coefficient (Wildman–Crippen LogP) is 3.97. The third-order valence-electron chi connectivity index (χ3n) is 1.28. The van der Waals surface area contributed by atoms with Crippen LogP contribution in [0, 0.1) is 5.92 Å². The van der Waals surface area contributed by atoms with Crippen molar-refractivity contribution >= 4 is 0 Å². The zero-order chi connectivity index (χ0) is 9.28. The fraction of sp³-hybridized carbons (Fsp3) is 0.455. The van der Waals surface area contributed by atoms with Crippen LogP contribution in [0.5, 0.6) is 0 Å². The molecule has 64 valence electrons. The largest absolute Gasteiger partial charge is 0.106 e. The Balaban J connectivity index is 0. The van der Waals surface area contributed by atoms with Crippen molar-refractivity contribution in [3.8, 4) is 0 Å². The van der Waals surface area contributed by atoms with Gasteiger partial charge in [-0.2, -0.15) is 0 Å². The van der Waals surface area contributed by atoms with E-state index in [4.69, 9.17) is 0 Å². The molecule has 0 amide bonds. The summed E-state index contributed by atoms with van der Waals surface area (Å²) in [6.45, 7) is 16.2. The molecule has 0 saturated heterocycles. The van der Waals surface area contributed by atoms with E-state index >= 15 is 0 Å². The van der Waals surface area contributed by atoms with Crippen molar-refractivity contribution in [2.75, 3.05) is 0 Å². The molecule has 0 aromatic heterocycles. The summed E-state index contributed by atoms with van der Waals surface area (Å²) in [6.07, 6.45) is 5.20. The summed E-state index contributed by atoms with van der Waals surface area (Å²) in [5.41, 5.74) is 1.35. The average Bonchev–Trinajstić information content (AvgIpc) is 2.03. The van der Waals surface area contributed by atoms with E-state index in [0.717, 1.165) is 12.3 Å². The topological polar surface area (TPSA) is 0 Å². The maximum Gasteiger partial charge on any atom is -0.0259 e. The standard InChI is InChI=1S/C9H16.C2H4/c1-5-9(6-2)7-8(3)4;1-2/h5-6,8H,1,7H2,2-4H3;1-2H2/b9-6+;. The summed E-state index contributed by atoms with van der Waals surface area (Å²) in [7, 11) is 0. The highest BCUT2D eigenvalue weighted by Gasteiger charge is 1.93. The van der Waals surface area contributed by atoms with E-state index in [-0.39, 0.29) is 0 Å². The summed E-state index contributed by atoms with van der Waals surface area (Å²) in [4.78, 5) is 0. The number of hydrogen-bond acceptors (Lipinski definition) is 0. The van der Waals surface area contributed by atoms with Gasteiger partial charge in [0.15, 0.2) is 0 Å². The highest BCUT2D eigenvalue weighted by molar-refractivity contribution is 5.14. The van der Waals surface area contributed by atoms with E-state index in [2.05, 4.69) is 46.6 Å². The molecule has 0 aromatic rings. The van der Waals surface area contributed by atoms with Gasteiger partial charge < -0.3 is 0 Å². The minimum Gasteiger partial charge on any atom is -0.106 e. The van der Waals surface area contributed by atoms with Crippen LogP contribution >= 0.6 is 0 Å². The van der Waals surface area contributed by atoms with E-state index in [0.29, 0.717) is 0 Å². The minimum atomic E-state index is 0.745. The second-order valence-electron chi connectivity index (χ2n) is 2.67. The predicted molar refractivity (Wildman–Crippen MR) is 54.7 cm³/mol. The van der Waals surface area contributed by atoms with E-state index in [1.165, 1.54) is 5.57 Å². The molecule has 0 aliphatic rings. The first-order valence-electron chi connectivity index (χ1n) is 3.98. The molecule has 0 nitrogen and oxygen atoms in total. The Labute approximate surface area is 71.3 Å². The van der Waals surface area contributed by atoms with Gasteiger partial charge in [0, 0.05) is 0 Å². The molecule has 0 heterocycles. The molecule has 0 aliphatic carbocycles. The van der Waals surface area contributed by atoms with E-state index in [1.54, 1.807) is 0 Å². The lowest BCUT2D eigenvalue weighted by Crippen LogP contribution is -1.87. The zero-order valence-corrected chi connectivity index (χ0v) is 8.06. The number of hydrogen-bond donors (Lipinski definition) is 0. The van der Waals surface area contributed by atoms with Crippen LogP contribution in [0.15, 0.2) is 37.5 Å². The van der Waals surface area contributed by atoms with Crippen molar-refractivity contribution in [1.29, 1.82) is 0 Å². The van der Waals surface area contributed by atoms with Gasteiger partial charge in [0.05, 0.1) is 0 Å². The molecule has 0 atom stereocenters. The average molecular weight is 152 g/mol. The van der Waals surface area contributed by atoms with Crippen LogP contribution in [-0.2, 0) is 0 Å². The van der Waals surface area contributed by atoms with Crippen LogP contribution in [0.2, 0.25) is 0 Å². The van der Waals surface area contributed by atoms with E-state index in [9.17, 15) is 0 Å². The third kappa shape index (κ3) is 9.22. The third-order valence-corrected chi connectivity index (χ3v) is 1.28. The molecule has 0 aromatic carbocycles. The normalized spacial score (nSPS) is 10.4. The highest BCUT2D eigenvalue weighted by atomic mass is 14.0. The van der Waals surface area contributed by atoms with Crippen molar-refractivity contribution in [2.45, 2.75) is 27.2 Å². The Hall–Kier alpha value is -0.780. The molecule has 0 aliphatic heterocycles. The van der Waals surface area contributed by atoms with Gasteiger partial charge >= 0.3 is 0 Å². The lowest BCUT2D eigenvalue weighted by molar-refractivity contribution is 0.649. The lowest BCUT2D eigenvalue weighted by atomic mass is 10.0. The Morgan fingerprint density at radius 3 is 1.91 bits per heavy atom. The van der Waals surface area contributed by atoms with Gasteiger partial charge in [-0.1, -0.05) is 38.2 Å². The van der Waals surface area contributed by atoms with Crippen LogP contribution in [0.3, 0.4) is 0 Å². The van der Waals surface area contributed by atoms with Crippen molar-refractivity contribution in [3.63, 3.8) is 0 Å². The van der Waals surface area contributed by atoms with Crippen LogP contribution in [0.4, 0.5) is 0 Å². The maximum absolute atomic E-state index is 3.72. The zero-order valence-electron chi connectivity index (χ0n) is 8.06. The van der Waals surface area contributed by atoms with Gasteiger partial charge in [-0.25, -0.2) is 0 Å². The second kappa shape index (κ2) is 9.22. The molecular formula is C11H20. The van der Waals surface area contributed by atoms with Crippen LogP contribution in [-0.4, -0.2) is 0 Å². The molecule has 0 N–H and O–H groups in total. The summed E-state index contributed by atoms with van der Waals surface area (Å²) >= 11 is 0. The van der Waals surface area contributed by atoms with Gasteiger partial charge in [0.1, 0.15) is 0 Å². The Bertz CT molecular complexity index is 118. The van der Waals surface area contributed by atoms with Gasteiger partial charge in [-0.05, 0) is 19.3 Å². The first-order valence-corrected chi connectivity index (χ1v) is 3.98. The van der Waals surface area contributed by atoms with Crippen molar-refractivity contribution < 1.29 is 0 Å². The number of rotatable bonds is 3. The Morgan fingerprint density at radius 1 is 1.36 bits per heavy atom. The highest BCUT2D eigenvalue weighted by Crippen LogP contribution is 2.10. The van der Waals surface area contributed by atoms with E-state index < -0.39 is 0 Å². The first kappa shape index (κ1) is 12.9. The molecule has 0 rings (SSSR count). The monoisotopic (exact) mass is 152 g/mol. The van der Waals surface area contributed by atoms with E-state index in [1.807, 2.05) is 6.08 Å². The second-order valence-corrected chi connectivity index (χ2v) is 2.67. The first-order chi connectivity index (χ1) is 5.20. The fourth-order valence-corrected chi connectivity index (χ4v) is 0.790. The summed E-state index contributed by atoms with van der Waals surface area (Å²) in [5.74, 6) is 0.745. The minimum absolute atomic E-state index is 0.745. The smallest absolute Gasteiger partial charge is 0.0259 e. The van der Waals surface area contributed by atoms with Crippen LogP contribution in [0.1, 0.15) is 27.2 Å². The van der Waals surface area contributed by atoms with Gasteiger partial charge in [-0.15, -0.1) is 13.2 Å². The lowest BCUT2D eigenvalue weighted by Gasteiger charge is -2.03. The molecule has 0 saturated carbocycles. The Morgan fingerprint density at radius 2 is 1.82 bits per heavy atom. The molecular weight excluding hydrogens is 132 g/mol. The maximum atomic E-state index is 3.72. The molecule has 0 bridgehead atoms. The van der Waals surface area contributed by atoms with Crippen molar-refractivity contribution in [2.24, 2.45) is 5.92 Å².